The van der Waals surface area contributed by atoms with Crippen LogP contribution < -0.4 is 11.3 Å². The van der Waals surface area contributed by atoms with Crippen LogP contribution in [0.25, 0.3) is 0 Å². The summed E-state index contributed by atoms with van der Waals surface area (Å²) < 4.78 is 5.80. The first-order chi connectivity index (χ1) is 9.06. The highest BCUT2D eigenvalue weighted by molar-refractivity contribution is 5.35. The number of benzene rings is 1. The van der Waals surface area contributed by atoms with Gasteiger partial charge in [-0.1, -0.05) is 18.2 Å². The molecule has 3 nitrogen and oxygen atoms in total. The lowest BCUT2D eigenvalue weighted by Gasteiger charge is -2.33. The molecule has 0 fully saturated rings. The zero-order chi connectivity index (χ0) is 13.9. The highest BCUT2D eigenvalue weighted by Crippen LogP contribution is 2.25. The van der Waals surface area contributed by atoms with Crippen molar-refractivity contribution in [2.45, 2.75) is 58.1 Å². The smallest absolute Gasteiger partial charge is 0.0795 e. The van der Waals surface area contributed by atoms with Gasteiger partial charge in [0, 0.05) is 6.61 Å². The van der Waals surface area contributed by atoms with Crippen LogP contribution in [0.3, 0.4) is 0 Å². The van der Waals surface area contributed by atoms with Gasteiger partial charge in [0.05, 0.1) is 11.6 Å². The maximum atomic E-state index is 5.80. The molecule has 0 saturated carbocycles. The number of rotatable bonds is 6. The second kappa shape index (κ2) is 6.04. The Hall–Kier alpha value is -0.900. The van der Waals surface area contributed by atoms with E-state index in [0.717, 1.165) is 6.42 Å². The molecule has 2 rings (SSSR count). The molecule has 0 spiro atoms. The zero-order valence-electron chi connectivity index (χ0n) is 12.3. The van der Waals surface area contributed by atoms with Gasteiger partial charge in [0.15, 0.2) is 0 Å². The Labute approximate surface area is 116 Å². The average Bonchev–Trinajstić information content (AvgIpc) is 2.82. The summed E-state index contributed by atoms with van der Waals surface area (Å²) in [7, 11) is 0. The minimum Gasteiger partial charge on any atom is -0.374 e. The van der Waals surface area contributed by atoms with Crippen molar-refractivity contribution in [3.05, 3.63) is 34.9 Å². The van der Waals surface area contributed by atoms with Gasteiger partial charge in [0.1, 0.15) is 0 Å². The van der Waals surface area contributed by atoms with Gasteiger partial charge in [0.2, 0.25) is 0 Å². The van der Waals surface area contributed by atoms with Crippen molar-refractivity contribution in [1.82, 2.24) is 5.43 Å². The Morgan fingerprint density at radius 3 is 2.74 bits per heavy atom. The summed E-state index contributed by atoms with van der Waals surface area (Å²) in [5, 5.41) is 0. The maximum Gasteiger partial charge on any atom is 0.0795 e. The summed E-state index contributed by atoms with van der Waals surface area (Å²) in [5.74, 6) is 5.72. The van der Waals surface area contributed by atoms with E-state index >= 15 is 0 Å². The van der Waals surface area contributed by atoms with Crippen LogP contribution in [0.4, 0.5) is 0 Å². The third-order valence-corrected chi connectivity index (χ3v) is 4.16. The fourth-order valence-electron chi connectivity index (χ4n) is 2.97. The standard InChI is InChI=1S/C16H26N2O/c1-4-19-16(2,3)15(18-17)11-12-8-9-13-6-5-7-14(13)10-12/h8-10,15,18H,4-7,11,17H2,1-3H3. The fraction of sp³-hybridized carbons (Fsp3) is 0.625. The lowest BCUT2D eigenvalue weighted by molar-refractivity contribution is -0.0380. The molecule has 0 amide bonds. The molecule has 1 aliphatic carbocycles. The second-order valence-electron chi connectivity index (χ2n) is 5.92. The Bertz CT molecular complexity index is 429. The molecule has 1 unspecified atom stereocenters. The predicted octanol–water partition coefficient (Wildman–Crippen LogP) is 2.36. The van der Waals surface area contributed by atoms with Gasteiger partial charge in [-0.05, 0) is 63.1 Å². The van der Waals surface area contributed by atoms with E-state index in [0.29, 0.717) is 6.61 Å². The van der Waals surface area contributed by atoms with Gasteiger partial charge in [-0.3, -0.25) is 11.3 Å². The molecule has 0 aliphatic heterocycles. The quantitative estimate of drug-likeness (QED) is 0.611. The topological polar surface area (TPSA) is 47.3 Å². The molecule has 0 radical (unpaired) electrons. The zero-order valence-corrected chi connectivity index (χ0v) is 12.3. The predicted molar refractivity (Wildman–Crippen MR) is 79.0 cm³/mol. The number of hydrogen-bond acceptors (Lipinski definition) is 3. The molecular formula is C16H26N2O. The number of aryl methyl sites for hydroxylation is 2. The van der Waals surface area contributed by atoms with Gasteiger partial charge in [-0.25, -0.2) is 0 Å². The van der Waals surface area contributed by atoms with Crippen molar-refractivity contribution in [2.24, 2.45) is 5.84 Å². The van der Waals surface area contributed by atoms with Crippen LogP contribution >= 0.6 is 0 Å². The van der Waals surface area contributed by atoms with Crippen LogP contribution in [0, 0.1) is 0 Å². The largest absolute Gasteiger partial charge is 0.374 e. The molecule has 106 valence electrons. The van der Waals surface area contributed by atoms with Crippen molar-refractivity contribution in [3.8, 4) is 0 Å². The minimum absolute atomic E-state index is 0.118. The number of hydrazine groups is 1. The van der Waals surface area contributed by atoms with E-state index < -0.39 is 0 Å². The van der Waals surface area contributed by atoms with Crippen LogP contribution in [0.5, 0.6) is 0 Å². The van der Waals surface area contributed by atoms with E-state index in [1.165, 1.54) is 36.0 Å². The lowest BCUT2D eigenvalue weighted by atomic mass is 9.91. The maximum absolute atomic E-state index is 5.80. The molecular weight excluding hydrogens is 236 g/mol. The number of nitrogens with one attached hydrogen (secondary N) is 1. The van der Waals surface area contributed by atoms with Gasteiger partial charge in [0.25, 0.3) is 0 Å². The first kappa shape index (κ1) is 14.5. The van der Waals surface area contributed by atoms with E-state index in [4.69, 9.17) is 10.6 Å². The Morgan fingerprint density at radius 2 is 2.05 bits per heavy atom. The van der Waals surface area contributed by atoms with E-state index in [1.54, 1.807) is 0 Å². The van der Waals surface area contributed by atoms with E-state index in [2.05, 4.69) is 37.5 Å². The minimum atomic E-state index is -0.261. The Balaban J connectivity index is 2.10. The summed E-state index contributed by atoms with van der Waals surface area (Å²) in [5.41, 5.74) is 7.04. The molecule has 3 heteroatoms. The van der Waals surface area contributed by atoms with Crippen molar-refractivity contribution in [2.75, 3.05) is 6.61 Å². The molecule has 1 aromatic rings. The molecule has 1 aromatic carbocycles. The average molecular weight is 262 g/mol. The highest BCUT2D eigenvalue weighted by atomic mass is 16.5. The van der Waals surface area contributed by atoms with Gasteiger partial charge in [-0.2, -0.15) is 0 Å². The van der Waals surface area contributed by atoms with Crippen molar-refractivity contribution in [3.63, 3.8) is 0 Å². The number of nitrogens with two attached hydrogens (primary N) is 1. The summed E-state index contributed by atoms with van der Waals surface area (Å²) in [6.07, 6.45) is 4.65. The molecule has 0 aromatic heterocycles. The fourth-order valence-corrected chi connectivity index (χ4v) is 2.97. The molecule has 19 heavy (non-hydrogen) atoms. The van der Waals surface area contributed by atoms with Crippen molar-refractivity contribution >= 4 is 0 Å². The molecule has 0 saturated heterocycles. The van der Waals surface area contributed by atoms with Crippen LogP contribution in [0.15, 0.2) is 18.2 Å². The van der Waals surface area contributed by atoms with Gasteiger partial charge >= 0.3 is 0 Å². The van der Waals surface area contributed by atoms with Crippen LogP contribution in [-0.4, -0.2) is 18.2 Å². The van der Waals surface area contributed by atoms with E-state index in [-0.39, 0.29) is 11.6 Å². The van der Waals surface area contributed by atoms with Crippen LogP contribution in [0.2, 0.25) is 0 Å². The summed E-state index contributed by atoms with van der Waals surface area (Å²) >= 11 is 0. The van der Waals surface area contributed by atoms with Crippen molar-refractivity contribution in [1.29, 1.82) is 0 Å². The lowest BCUT2D eigenvalue weighted by Crippen LogP contribution is -2.52. The molecule has 0 heterocycles. The molecule has 3 N–H and O–H groups in total. The van der Waals surface area contributed by atoms with Gasteiger partial charge in [-0.15, -0.1) is 0 Å². The van der Waals surface area contributed by atoms with E-state index in [9.17, 15) is 0 Å². The number of hydrogen-bond donors (Lipinski definition) is 2. The Kier molecular flexibility index (Phi) is 4.61. The SMILES string of the molecule is CCOC(C)(C)C(Cc1ccc2c(c1)CCC2)NN. The second-order valence-corrected chi connectivity index (χ2v) is 5.92. The number of ether oxygens (including phenoxy) is 1. The molecule has 0 bridgehead atoms. The van der Waals surface area contributed by atoms with E-state index in [1.807, 2.05) is 6.92 Å². The summed E-state index contributed by atoms with van der Waals surface area (Å²) in [6.45, 7) is 6.91. The third kappa shape index (κ3) is 3.35. The van der Waals surface area contributed by atoms with Crippen LogP contribution in [0.1, 0.15) is 43.9 Å². The summed E-state index contributed by atoms with van der Waals surface area (Å²) in [6, 6.07) is 6.97. The normalized spacial score (nSPS) is 16.4. The summed E-state index contributed by atoms with van der Waals surface area (Å²) in [4.78, 5) is 0. The van der Waals surface area contributed by atoms with Crippen molar-refractivity contribution < 1.29 is 4.74 Å². The first-order valence-corrected chi connectivity index (χ1v) is 7.27. The third-order valence-electron chi connectivity index (χ3n) is 4.16. The monoisotopic (exact) mass is 262 g/mol. The Morgan fingerprint density at radius 1 is 1.32 bits per heavy atom. The highest BCUT2D eigenvalue weighted by Gasteiger charge is 2.29. The number of fused-ring (bicyclic) bond motifs is 1. The first-order valence-electron chi connectivity index (χ1n) is 7.27. The molecule has 1 atom stereocenters. The van der Waals surface area contributed by atoms with Gasteiger partial charge < -0.3 is 4.74 Å². The molecule has 1 aliphatic rings. The van der Waals surface area contributed by atoms with Crippen LogP contribution in [-0.2, 0) is 24.0 Å².